The first-order valence-electron chi connectivity index (χ1n) is 9.68. The van der Waals surface area contributed by atoms with E-state index < -0.39 is 0 Å². The van der Waals surface area contributed by atoms with Gasteiger partial charge in [-0.25, -0.2) is 0 Å². The summed E-state index contributed by atoms with van der Waals surface area (Å²) in [6.45, 7) is 5.63. The zero-order valence-electron chi connectivity index (χ0n) is 15.1. The van der Waals surface area contributed by atoms with Gasteiger partial charge < -0.3 is 9.80 Å². The predicted molar refractivity (Wildman–Crippen MR) is 99.8 cm³/mol. The van der Waals surface area contributed by atoms with Crippen LogP contribution < -0.4 is 0 Å². The van der Waals surface area contributed by atoms with E-state index in [9.17, 15) is 9.59 Å². The maximum atomic E-state index is 12.7. The molecule has 0 aromatic carbocycles. The lowest BCUT2D eigenvalue weighted by molar-refractivity contribution is -0.130. The van der Waals surface area contributed by atoms with Crippen LogP contribution in [0, 0.1) is 18.3 Å². The number of hydrogen-bond acceptors (Lipinski definition) is 3. The first-order chi connectivity index (χ1) is 12.0. The molecule has 0 bridgehead atoms. The van der Waals surface area contributed by atoms with E-state index in [4.69, 9.17) is 0 Å². The minimum Gasteiger partial charge on any atom is -0.342 e. The number of thiophene rings is 1. The lowest BCUT2D eigenvalue weighted by atomic mass is 9.73. The fraction of sp³-hybridized carbons (Fsp3) is 0.700. The van der Waals surface area contributed by atoms with Crippen molar-refractivity contribution < 1.29 is 9.59 Å². The highest BCUT2D eigenvalue weighted by Crippen LogP contribution is 2.42. The highest BCUT2D eigenvalue weighted by atomic mass is 32.1. The first-order valence-corrected chi connectivity index (χ1v) is 10.5. The average Bonchev–Trinajstić information content (AvgIpc) is 3.36. The van der Waals surface area contributed by atoms with E-state index >= 15 is 0 Å². The van der Waals surface area contributed by atoms with Gasteiger partial charge in [-0.05, 0) is 68.9 Å². The van der Waals surface area contributed by atoms with Crippen LogP contribution in [0.3, 0.4) is 0 Å². The normalized spacial score (nSPS) is 23.8. The van der Waals surface area contributed by atoms with Gasteiger partial charge in [0.05, 0.1) is 4.88 Å². The van der Waals surface area contributed by atoms with Crippen molar-refractivity contribution in [3.63, 3.8) is 0 Å². The Hall–Kier alpha value is -1.36. The third-order valence-corrected chi connectivity index (χ3v) is 7.36. The number of aryl methyl sites for hydroxylation is 1. The molecule has 3 heterocycles. The maximum Gasteiger partial charge on any atom is 0.263 e. The van der Waals surface area contributed by atoms with Gasteiger partial charge in [-0.15, -0.1) is 11.3 Å². The zero-order chi connectivity index (χ0) is 17.4. The molecule has 0 unspecified atom stereocenters. The number of nitrogens with zero attached hydrogens (tertiary/aromatic N) is 2. The second-order valence-corrected chi connectivity index (χ2v) is 9.52. The second kappa shape index (κ2) is 6.75. The Morgan fingerprint density at radius 3 is 2.52 bits per heavy atom. The SMILES string of the molecule is Cc1ccc(C(=O)N2CCC3(CCC(=O)N(CC4CC4)CC3)CC2)s1. The fourth-order valence-corrected chi connectivity index (χ4v) is 5.18. The van der Waals surface area contributed by atoms with E-state index in [1.54, 1.807) is 11.3 Å². The predicted octanol–water partition coefficient (Wildman–Crippen LogP) is 3.70. The highest BCUT2D eigenvalue weighted by Gasteiger charge is 2.39. The van der Waals surface area contributed by atoms with Crippen molar-refractivity contribution in [1.29, 1.82) is 0 Å². The zero-order valence-corrected chi connectivity index (χ0v) is 15.9. The highest BCUT2D eigenvalue weighted by molar-refractivity contribution is 7.13. The molecule has 1 spiro atoms. The summed E-state index contributed by atoms with van der Waals surface area (Å²) in [4.78, 5) is 31.3. The van der Waals surface area contributed by atoms with Gasteiger partial charge >= 0.3 is 0 Å². The van der Waals surface area contributed by atoms with Crippen molar-refractivity contribution >= 4 is 23.2 Å². The summed E-state index contributed by atoms with van der Waals surface area (Å²) < 4.78 is 0. The largest absolute Gasteiger partial charge is 0.342 e. The molecule has 0 N–H and O–H groups in total. The third kappa shape index (κ3) is 3.76. The van der Waals surface area contributed by atoms with Crippen LogP contribution in [-0.4, -0.2) is 47.8 Å². The lowest BCUT2D eigenvalue weighted by Crippen LogP contribution is -2.43. The Morgan fingerprint density at radius 2 is 1.88 bits per heavy atom. The molecule has 2 saturated heterocycles. The van der Waals surface area contributed by atoms with Gasteiger partial charge in [0.25, 0.3) is 5.91 Å². The molecule has 0 atom stereocenters. The smallest absolute Gasteiger partial charge is 0.263 e. The van der Waals surface area contributed by atoms with Crippen LogP contribution in [0.4, 0.5) is 0 Å². The monoisotopic (exact) mass is 360 g/mol. The fourth-order valence-electron chi connectivity index (χ4n) is 4.35. The average molecular weight is 361 g/mol. The van der Waals surface area contributed by atoms with Crippen LogP contribution in [0.2, 0.25) is 0 Å². The van der Waals surface area contributed by atoms with Crippen LogP contribution in [0.25, 0.3) is 0 Å². The lowest BCUT2D eigenvalue weighted by Gasteiger charge is -2.41. The Bertz CT molecular complexity index is 656. The van der Waals surface area contributed by atoms with Crippen LogP contribution in [-0.2, 0) is 4.79 Å². The minimum absolute atomic E-state index is 0.188. The molecule has 5 heteroatoms. The summed E-state index contributed by atoms with van der Waals surface area (Å²) >= 11 is 1.59. The number of likely N-dealkylation sites (tertiary alicyclic amines) is 2. The van der Waals surface area contributed by atoms with E-state index in [-0.39, 0.29) is 11.3 Å². The van der Waals surface area contributed by atoms with Crippen molar-refractivity contribution in [2.45, 2.75) is 51.9 Å². The van der Waals surface area contributed by atoms with Crippen molar-refractivity contribution in [3.8, 4) is 0 Å². The number of amides is 2. The van der Waals surface area contributed by atoms with Crippen molar-refractivity contribution in [3.05, 3.63) is 21.9 Å². The summed E-state index contributed by atoms with van der Waals surface area (Å²) in [5.41, 5.74) is 0.274. The molecule has 25 heavy (non-hydrogen) atoms. The molecule has 4 nitrogen and oxygen atoms in total. The van der Waals surface area contributed by atoms with Gasteiger partial charge in [0.1, 0.15) is 0 Å². The summed E-state index contributed by atoms with van der Waals surface area (Å²) in [6, 6.07) is 3.97. The maximum absolute atomic E-state index is 12.7. The van der Waals surface area contributed by atoms with E-state index in [1.165, 1.54) is 17.7 Å². The molecule has 1 aliphatic carbocycles. The number of carbonyl (C=O) groups excluding carboxylic acids is 2. The molecular formula is C20H28N2O2S. The van der Waals surface area contributed by atoms with Gasteiger partial charge in [0, 0.05) is 37.5 Å². The van der Waals surface area contributed by atoms with Gasteiger partial charge in [0.15, 0.2) is 0 Å². The number of rotatable bonds is 3. The van der Waals surface area contributed by atoms with E-state index in [2.05, 4.69) is 4.90 Å². The van der Waals surface area contributed by atoms with Gasteiger partial charge in [-0.1, -0.05) is 0 Å². The standard InChI is InChI=1S/C20H28N2O2S/c1-15-2-5-17(25-15)19(24)21-11-8-20(9-12-21)7-6-18(23)22(13-10-20)14-16-3-4-16/h2,5,16H,3-4,6-14H2,1H3. The Kier molecular flexibility index (Phi) is 4.61. The van der Waals surface area contributed by atoms with Crippen molar-refractivity contribution in [2.75, 3.05) is 26.2 Å². The Balaban J connectivity index is 1.35. The Labute approximate surface area is 154 Å². The number of piperidine rings is 1. The van der Waals surface area contributed by atoms with E-state index in [0.29, 0.717) is 12.3 Å². The van der Waals surface area contributed by atoms with Crippen LogP contribution in [0.15, 0.2) is 12.1 Å². The molecule has 3 aliphatic rings. The molecular weight excluding hydrogens is 332 g/mol. The number of carbonyl (C=O) groups is 2. The molecule has 2 amide bonds. The molecule has 136 valence electrons. The van der Waals surface area contributed by atoms with Crippen molar-refractivity contribution in [1.82, 2.24) is 9.80 Å². The molecule has 3 fully saturated rings. The first kappa shape index (κ1) is 17.1. The summed E-state index contributed by atoms with van der Waals surface area (Å²) in [5, 5.41) is 0. The summed E-state index contributed by atoms with van der Waals surface area (Å²) in [5.74, 6) is 1.32. The molecule has 0 radical (unpaired) electrons. The van der Waals surface area contributed by atoms with Gasteiger partial charge in [-0.3, -0.25) is 9.59 Å². The molecule has 2 aliphatic heterocycles. The van der Waals surface area contributed by atoms with Crippen LogP contribution in [0.1, 0.15) is 59.5 Å². The molecule has 1 aromatic heterocycles. The topological polar surface area (TPSA) is 40.6 Å². The van der Waals surface area contributed by atoms with E-state index in [1.807, 2.05) is 24.0 Å². The molecule has 4 rings (SSSR count). The van der Waals surface area contributed by atoms with Gasteiger partial charge in [-0.2, -0.15) is 0 Å². The third-order valence-electron chi connectivity index (χ3n) is 6.37. The summed E-state index contributed by atoms with van der Waals surface area (Å²) in [6.07, 6.45) is 7.52. The Morgan fingerprint density at radius 1 is 1.16 bits per heavy atom. The molecule has 1 saturated carbocycles. The summed E-state index contributed by atoms with van der Waals surface area (Å²) in [7, 11) is 0. The van der Waals surface area contributed by atoms with Crippen LogP contribution >= 0.6 is 11.3 Å². The number of hydrogen-bond donors (Lipinski definition) is 0. The quantitative estimate of drug-likeness (QED) is 0.825. The van der Waals surface area contributed by atoms with Gasteiger partial charge in [0.2, 0.25) is 5.91 Å². The van der Waals surface area contributed by atoms with Crippen LogP contribution in [0.5, 0.6) is 0 Å². The minimum atomic E-state index is 0.188. The second-order valence-electron chi connectivity index (χ2n) is 8.24. The molecule has 1 aromatic rings. The van der Waals surface area contributed by atoms with E-state index in [0.717, 1.165) is 62.7 Å². The van der Waals surface area contributed by atoms with Crippen molar-refractivity contribution in [2.24, 2.45) is 11.3 Å².